The third-order valence-electron chi connectivity index (χ3n) is 1.34. The first-order chi connectivity index (χ1) is 6.24. The molecule has 0 saturated heterocycles. The highest BCUT2D eigenvalue weighted by atomic mass is 35.5. The molecule has 0 aliphatic heterocycles. The van der Waals surface area contributed by atoms with Gasteiger partial charge in [0.15, 0.2) is 0 Å². The van der Waals surface area contributed by atoms with Gasteiger partial charge in [0.25, 0.3) is 6.47 Å². The Hall–Kier alpha value is -0.870. The van der Waals surface area contributed by atoms with Gasteiger partial charge in [0.05, 0.1) is 6.61 Å². The number of nitrogens with zero attached hydrogens (tertiary/aromatic N) is 2. The summed E-state index contributed by atoms with van der Waals surface area (Å²) in [6.45, 7) is 0.638. The van der Waals surface area contributed by atoms with E-state index in [1.165, 1.54) is 6.20 Å². The summed E-state index contributed by atoms with van der Waals surface area (Å²) in [5, 5.41) is 0.388. The molecule has 0 spiro atoms. The molecule has 0 aromatic carbocycles. The van der Waals surface area contributed by atoms with Crippen molar-refractivity contribution in [3.05, 3.63) is 22.2 Å². The molecular formula is C7H6Cl2N2O2. The molecular weight excluding hydrogens is 215 g/mol. The van der Waals surface area contributed by atoms with Crippen molar-refractivity contribution in [2.24, 2.45) is 0 Å². The number of carbonyl (C=O) groups excluding carboxylic acids is 1. The van der Waals surface area contributed by atoms with Gasteiger partial charge in [0.2, 0.25) is 5.28 Å². The highest BCUT2D eigenvalue weighted by Gasteiger charge is 2.03. The minimum atomic E-state index is 0.102. The zero-order chi connectivity index (χ0) is 9.68. The van der Waals surface area contributed by atoms with Crippen molar-refractivity contribution >= 4 is 29.7 Å². The average molecular weight is 221 g/mol. The maximum Gasteiger partial charge on any atom is 0.293 e. The number of hydrogen-bond donors (Lipinski definition) is 0. The summed E-state index contributed by atoms with van der Waals surface area (Å²) < 4.78 is 4.49. The lowest BCUT2D eigenvalue weighted by Crippen LogP contribution is -1.99. The molecule has 1 aromatic rings. The maximum atomic E-state index is 9.83. The summed E-state index contributed by atoms with van der Waals surface area (Å²) >= 11 is 11.2. The van der Waals surface area contributed by atoms with Crippen molar-refractivity contribution in [3.8, 4) is 0 Å². The molecule has 70 valence electrons. The molecule has 1 aromatic heterocycles. The fourth-order valence-corrected chi connectivity index (χ4v) is 1.15. The number of rotatable bonds is 4. The second-order valence-corrected chi connectivity index (χ2v) is 2.87. The highest BCUT2D eigenvalue weighted by molar-refractivity contribution is 6.32. The van der Waals surface area contributed by atoms with Crippen LogP contribution in [0.4, 0.5) is 0 Å². The second-order valence-electron chi connectivity index (χ2n) is 2.17. The van der Waals surface area contributed by atoms with Gasteiger partial charge in [-0.25, -0.2) is 9.97 Å². The van der Waals surface area contributed by atoms with Crippen LogP contribution >= 0.6 is 23.2 Å². The van der Waals surface area contributed by atoms with E-state index in [-0.39, 0.29) is 17.0 Å². The average Bonchev–Trinajstić information content (AvgIpc) is 2.09. The van der Waals surface area contributed by atoms with Crippen LogP contribution in [0.25, 0.3) is 0 Å². The molecule has 1 heterocycles. The normalized spacial score (nSPS) is 9.69. The second kappa shape index (κ2) is 4.99. The van der Waals surface area contributed by atoms with E-state index in [9.17, 15) is 4.79 Å². The molecule has 0 bridgehead atoms. The minimum Gasteiger partial charge on any atom is -0.468 e. The Bertz CT molecular complexity index is 307. The zero-order valence-electron chi connectivity index (χ0n) is 6.54. The summed E-state index contributed by atoms with van der Waals surface area (Å²) in [5.41, 5.74) is 0.702. The fourth-order valence-electron chi connectivity index (χ4n) is 0.751. The van der Waals surface area contributed by atoms with Gasteiger partial charge >= 0.3 is 0 Å². The van der Waals surface area contributed by atoms with Gasteiger partial charge in [-0.3, -0.25) is 4.79 Å². The first kappa shape index (κ1) is 10.2. The molecule has 13 heavy (non-hydrogen) atoms. The molecule has 0 radical (unpaired) electrons. The Morgan fingerprint density at radius 3 is 2.92 bits per heavy atom. The van der Waals surface area contributed by atoms with Crippen LogP contribution in [0.5, 0.6) is 0 Å². The molecule has 4 nitrogen and oxygen atoms in total. The van der Waals surface area contributed by atoms with E-state index in [1.54, 1.807) is 0 Å². The fraction of sp³-hybridized carbons (Fsp3) is 0.286. The SMILES string of the molecule is O=COCCc1cnc(Cl)nc1Cl. The highest BCUT2D eigenvalue weighted by Crippen LogP contribution is 2.14. The Balaban J connectivity index is 2.61. The van der Waals surface area contributed by atoms with Crippen LogP contribution in [0.1, 0.15) is 5.56 Å². The van der Waals surface area contributed by atoms with E-state index < -0.39 is 0 Å². The molecule has 0 atom stereocenters. The number of halogens is 2. The number of aromatic nitrogens is 2. The van der Waals surface area contributed by atoms with Crippen LogP contribution < -0.4 is 0 Å². The van der Waals surface area contributed by atoms with Gasteiger partial charge in [-0.2, -0.15) is 0 Å². The summed E-state index contributed by atoms with van der Waals surface area (Å²) in [5.74, 6) is 0. The van der Waals surface area contributed by atoms with E-state index in [0.29, 0.717) is 18.5 Å². The Morgan fingerprint density at radius 1 is 1.54 bits per heavy atom. The van der Waals surface area contributed by atoms with Gasteiger partial charge < -0.3 is 4.74 Å². The van der Waals surface area contributed by atoms with Crippen LogP contribution in [-0.4, -0.2) is 23.0 Å². The topological polar surface area (TPSA) is 52.1 Å². The van der Waals surface area contributed by atoms with Crippen LogP contribution in [0.2, 0.25) is 10.4 Å². The molecule has 0 N–H and O–H groups in total. The first-order valence-corrected chi connectivity index (χ1v) is 4.22. The molecule has 0 amide bonds. The quantitative estimate of drug-likeness (QED) is 0.334. The van der Waals surface area contributed by atoms with Gasteiger partial charge in [-0.05, 0) is 11.6 Å². The number of ether oxygens (including phenoxy) is 1. The molecule has 0 unspecified atom stereocenters. The Morgan fingerprint density at radius 2 is 2.31 bits per heavy atom. The van der Waals surface area contributed by atoms with Crippen LogP contribution in [0.3, 0.4) is 0 Å². The van der Waals surface area contributed by atoms with Crippen LogP contribution in [0, 0.1) is 0 Å². The van der Waals surface area contributed by atoms with Crippen molar-refractivity contribution < 1.29 is 9.53 Å². The largest absolute Gasteiger partial charge is 0.468 e. The van der Waals surface area contributed by atoms with Crippen LogP contribution in [-0.2, 0) is 16.0 Å². The van der Waals surface area contributed by atoms with Crippen LogP contribution in [0.15, 0.2) is 6.20 Å². The third-order valence-corrected chi connectivity index (χ3v) is 1.85. The van der Waals surface area contributed by atoms with Crippen molar-refractivity contribution in [1.29, 1.82) is 0 Å². The van der Waals surface area contributed by atoms with E-state index in [1.807, 2.05) is 0 Å². The van der Waals surface area contributed by atoms with Gasteiger partial charge in [0, 0.05) is 18.2 Å². The molecule has 0 fully saturated rings. The summed E-state index contributed by atoms with van der Waals surface area (Å²) in [6.07, 6.45) is 1.99. The van der Waals surface area contributed by atoms with Gasteiger partial charge in [-0.1, -0.05) is 11.6 Å². The molecule has 0 aliphatic carbocycles. The molecule has 0 aliphatic rings. The lowest BCUT2D eigenvalue weighted by molar-refractivity contribution is -0.128. The van der Waals surface area contributed by atoms with Gasteiger partial charge in [-0.15, -0.1) is 0 Å². The van der Waals surface area contributed by atoms with E-state index in [4.69, 9.17) is 23.2 Å². The summed E-state index contributed by atoms with van der Waals surface area (Å²) in [4.78, 5) is 17.3. The van der Waals surface area contributed by atoms with Gasteiger partial charge in [0.1, 0.15) is 5.15 Å². The Labute approximate surface area is 84.8 Å². The zero-order valence-corrected chi connectivity index (χ0v) is 8.05. The maximum absolute atomic E-state index is 9.83. The van der Waals surface area contributed by atoms with E-state index >= 15 is 0 Å². The van der Waals surface area contributed by atoms with E-state index in [2.05, 4.69) is 14.7 Å². The monoisotopic (exact) mass is 220 g/mol. The number of hydrogen-bond acceptors (Lipinski definition) is 4. The van der Waals surface area contributed by atoms with Crippen molar-refractivity contribution in [2.75, 3.05) is 6.61 Å². The van der Waals surface area contributed by atoms with Crippen molar-refractivity contribution in [1.82, 2.24) is 9.97 Å². The standard InChI is InChI=1S/C7H6Cl2N2O2/c8-6-5(1-2-13-4-12)3-10-7(9)11-6/h3-4H,1-2H2. The van der Waals surface area contributed by atoms with Crippen molar-refractivity contribution in [3.63, 3.8) is 0 Å². The lowest BCUT2D eigenvalue weighted by atomic mass is 10.2. The van der Waals surface area contributed by atoms with E-state index in [0.717, 1.165) is 0 Å². The summed E-state index contributed by atoms with van der Waals surface area (Å²) in [7, 11) is 0. The smallest absolute Gasteiger partial charge is 0.293 e. The third kappa shape index (κ3) is 3.16. The predicted molar refractivity (Wildman–Crippen MR) is 47.8 cm³/mol. The first-order valence-electron chi connectivity index (χ1n) is 3.46. The van der Waals surface area contributed by atoms with Crippen molar-refractivity contribution in [2.45, 2.75) is 6.42 Å². The lowest BCUT2D eigenvalue weighted by Gasteiger charge is -2.01. The Kier molecular flexibility index (Phi) is 3.92. The minimum absolute atomic E-state index is 0.102. The predicted octanol–water partition coefficient (Wildman–Crippen LogP) is 1.50. The number of carbonyl (C=O) groups is 1. The molecule has 0 saturated carbocycles. The molecule has 1 rings (SSSR count). The summed E-state index contributed by atoms with van der Waals surface area (Å²) in [6, 6.07) is 0. The molecule has 6 heteroatoms.